The van der Waals surface area contributed by atoms with Crippen molar-refractivity contribution >= 4 is 28.1 Å². The van der Waals surface area contributed by atoms with Gasteiger partial charge < -0.3 is 11.1 Å². The van der Waals surface area contributed by atoms with E-state index in [1.165, 1.54) is 6.92 Å². The van der Waals surface area contributed by atoms with Crippen molar-refractivity contribution in [1.82, 2.24) is 4.98 Å². The third-order valence-corrected chi connectivity index (χ3v) is 3.22. The molecule has 5 heteroatoms. The van der Waals surface area contributed by atoms with E-state index in [1.807, 2.05) is 6.07 Å². The number of benzene rings is 2. The van der Waals surface area contributed by atoms with Gasteiger partial charge in [-0.2, -0.15) is 0 Å². The average Bonchev–Trinajstić information content (AvgIpc) is 2.45. The minimum atomic E-state index is -0.520. The van der Waals surface area contributed by atoms with Crippen LogP contribution < -0.4 is 11.1 Å². The molecule has 1 heterocycles. The SMILES string of the molecule is Cc1cc(F)c(Nc2ccc3cc(N)ccc3n2)cc1F. The first kappa shape index (κ1) is 13.3. The summed E-state index contributed by atoms with van der Waals surface area (Å²) in [6.45, 7) is 1.51. The van der Waals surface area contributed by atoms with E-state index < -0.39 is 11.6 Å². The number of rotatable bonds is 2. The Balaban J connectivity index is 1.98. The fourth-order valence-electron chi connectivity index (χ4n) is 2.09. The summed E-state index contributed by atoms with van der Waals surface area (Å²) in [7, 11) is 0. The topological polar surface area (TPSA) is 50.9 Å². The van der Waals surface area contributed by atoms with Crippen molar-refractivity contribution in [3.05, 3.63) is 59.7 Å². The molecular weight excluding hydrogens is 272 g/mol. The van der Waals surface area contributed by atoms with Crippen molar-refractivity contribution in [2.24, 2.45) is 0 Å². The maximum atomic E-state index is 13.8. The van der Waals surface area contributed by atoms with Crippen LogP contribution in [0.15, 0.2) is 42.5 Å². The van der Waals surface area contributed by atoms with E-state index >= 15 is 0 Å². The van der Waals surface area contributed by atoms with Gasteiger partial charge in [-0.15, -0.1) is 0 Å². The van der Waals surface area contributed by atoms with Crippen molar-refractivity contribution in [1.29, 1.82) is 0 Å². The van der Waals surface area contributed by atoms with E-state index in [9.17, 15) is 8.78 Å². The van der Waals surface area contributed by atoms with Crippen molar-refractivity contribution in [3.63, 3.8) is 0 Å². The number of nitrogen functional groups attached to an aromatic ring is 1. The highest BCUT2D eigenvalue weighted by Crippen LogP contribution is 2.24. The minimum absolute atomic E-state index is 0.0559. The van der Waals surface area contributed by atoms with Crippen LogP contribution in [0.2, 0.25) is 0 Å². The second kappa shape index (κ2) is 5.01. The van der Waals surface area contributed by atoms with Gasteiger partial charge in [0.1, 0.15) is 17.5 Å². The lowest BCUT2D eigenvalue weighted by Gasteiger charge is -2.09. The molecule has 0 amide bonds. The molecule has 0 bridgehead atoms. The molecule has 0 atom stereocenters. The molecule has 0 spiro atoms. The lowest BCUT2D eigenvalue weighted by Crippen LogP contribution is -1.98. The summed E-state index contributed by atoms with van der Waals surface area (Å²) in [6, 6.07) is 11.1. The monoisotopic (exact) mass is 285 g/mol. The number of anilines is 3. The summed E-state index contributed by atoms with van der Waals surface area (Å²) in [4.78, 5) is 4.35. The Morgan fingerprint density at radius 1 is 1.00 bits per heavy atom. The van der Waals surface area contributed by atoms with Gasteiger partial charge in [-0.1, -0.05) is 0 Å². The molecule has 3 N–H and O–H groups in total. The van der Waals surface area contributed by atoms with Crippen LogP contribution in [0.25, 0.3) is 10.9 Å². The molecule has 0 aliphatic heterocycles. The van der Waals surface area contributed by atoms with E-state index in [0.29, 0.717) is 11.5 Å². The van der Waals surface area contributed by atoms with Crippen molar-refractivity contribution < 1.29 is 8.78 Å². The number of nitrogens with zero attached hydrogens (tertiary/aromatic N) is 1. The number of pyridine rings is 1. The first-order chi connectivity index (χ1) is 10.0. The van der Waals surface area contributed by atoms with E-state index in [0.717, 1.165) is 23.0 Å². The lowest BCUT2D eigenvalue weighted by atomic mass is 10.2. The molecule has 0 fully saturated rings. The molecule has 0 aliphatic carbocycles. The maximum absolute atomic E-state index is 13.8. The van der Waals surface area contributed by atoms with Crippen molar-refractivity contribution in [2.45, 2.75) is 6.92 Å². The minimum Gasteiger partial charge on any atom is -0.399 e. The molecule has 0 saturated heterocycles. The number of hydrogen-bond donors (Lipinski definition) is 2. The smallest absolute Gasteiger partial charge is 0.147 e. The van der Waals surface area contributed by atoms with Crippen LogP contribution >= 0.6 is 0 Å². The number of hydrogen-bond acceptors (Lipinski definition) is 3. The molecule has 3 aromatic rings. The number of halogens is 2. The zero-order chi connectivity index (χ0) is 15.0. The highest BCUT2D eigenvalue weighted by molar-refractivity contribution is 5.83. The van der Waals surface area contributed by atoms with E-state index in [2.05, 4.69) is 10.3 Å². The van der Waals surface area contributed by atoms with Crippen LogP contribution in [0, 0.1) is 18.6 Å². The second-order valence-electron chi connectivity index (χ2n) is 4.85. The average molecular weight is 285 g/mol. The number of nitrogens with two attached hydrogens (primary N) is 1. The molecule has 106 valence electrons. The molecule has 0 unspecified atom stereocenters. The highest BCUT2D eigenvalue weighted by atomic mass is 19.1. The van der Waals surface area contributed by atoms with Crippen LogP contribution in [-0.4, -0.2) is 4.98 Å². The predicted octanol–water partition coefficient (Wildman–Crippen LogP) is 4.15. The molecule has 0 saturated carbocycles. The van der Waals surface area contributed by atoms with Crippen LogP contribution in [0.1, 0.15) is 5.56 Å². The Morgan fingerprint density at radius 3 is 2.62 bits per heavy atom. The number of fused-ring (bicyclic) bond motifs is 1. The molecule has 2 aromatic carbocycles. The Kier molecular flexibility index (Phi) is 3.17. The highest BCUT2D eigenvalue weighted by Gasteiger charge is 2.08. The first-order valence-electron chi connectivity index (χ1n) is 6.42. The molecule has 21 heavy (non-hydrogen) atoms. The summed E-state index contributed by atoms with van der Waals surface area (Å²) in [6.07, 6.45) is 0. The van der Waals surface area contributed by atoms with E-state index in [4.69, 9.17) is 5.73 Å². The molecule has 3 rings (SSSR count). The van der Waals surface area contributed by atoms with Gasteiger partial charge in [0.15, 0.2) is 0 Å². The van der Waals surface area contributed by atoms with Gasteiger partial charge in [0.25, 0.3) is 0 Å². The Bertz CT molecular complexity index is 831. The molecule has 3 nitrogen and oxygen atoms in total. The quantitative estimate of drug-likeness (QED) is 0.695. The molecule has 0 aliphatic rings. The third-order valence-electron chi connectivity index (χ3n) is 3.22. The van der Waals surface area contributed by atoms with Gasteiger partial charge in [-0.05, 0) is 48.9 Å². The van der Waals surface area contributed by atoms with Crippen LogP contribution in [0.4, 0.5) is 26.0 Å². The van der Waals surface area contributed by atoms with E-state index in [1.54, 1.807) is 24.3 Å². The van der Waals surface area contributed by atoms with Gasteiger partial charge in [0.05, 0.1) is 11.2 Å². The zero-order valence-corrected chi connectivity index (χ0v) is 11.3. The first-order valence-corrected chi connectivity index (χ1v) is 6.42. The molecule has 0 radical (unpaired) electrons. The summed E-state index contributed by atoms with van der Waals surface area (Å²) in [5.74, 6) is -0.546. The number of aryl methyl sites for hydroxylation is 1. The summed E-state index contributed by atoms with van der Waals surface area (Å²) in [5.41, 5.74) is 7.40. The van der Waals surface area contributed by atoms with Crippen LogP contribution in [0.5, 0.6) is 0 Å². The largest absolute Gasteiger partial charge is 0.399 e. The van der Waals surface area contributed by atoms with Gasteiger partial charge in [-0.25, -0.2) is 13.8 Å². The maximum Gasteiger partial charge on any atom is 0.147 e. The van der Waals surface area contributed by atoms with Crippen molar-refractivity contribution in [2.75, 3.05) is 11.1 Å². The zero-order valence-electron chi connectivity index (χ0n) is 11.3. The Labute approximate surface area is 120 Å². The summed E-state index contributed by atoms with van der Waals surface area (Å²) < 4.78 is 27.3. The summed E-state index contributed by atoms with van der Waals surface area (Å²) >= 11 is 0. The fraction of sp³-hybridized carbons (Fsp3) is 0.0625. The Morgan fingerprint density at radius 2 is 1.81 bits per heavy atom. The third kappa shape index (κ3) is 2.63. The predicted molar refractivity (Wildman–Crippen MR) is 80.5 cm³/mol. The van der Waals surface area contributed by atoms with Gasteiger partial charge in [0, 0.05) is 17.1 Å². The fourth-order valence-corrected chi connectivity index (χ4v) is 2.09. The second-order valence-corrected chi connectivity index (χ2v) is 4.85. The Hall–Kier alpha value is -2.69. The van der Waals surface area contributed by atoms with Crippen molar-refractivity contribution in [3.8, 4) is 0 Å². The van der Waals surface area contributed by atoms with Crippen LogP contribution in [0.3, 0.4) is 0 Å². The number of nitrogens with one attached hydrogen (secondary N) is 1. The van der Waals surface area contributed by atoms with E-state index in [-0.39, 0.29) is 11.3 Å². The standard InChI is InChI=1S/C16H13F2N3/c1-9-6-13(18)15(8-12(9)17)21-16-5-2-10-7-11(19)3-4-14(10)20-16/h2-8H,19H2,1H3,(H,20,21). The van der Waals surface area contributed by atoms with Gasteiger partial charge >= 0.3 is 0 Å². The molecule has 1 aromatic heterocycles. The normalized spacial score (nSPS) is 10.8. The summed E-state index contributed by atoms with van der Waals surface area (Å²) in [5, 5.41) is 3.67. The molecular formula is C16H13F2N3. The number of aromatic nitrogens is 1. The lowest BCUT2D eigenvalue weighted by molar-refractivity contribution is 0.595. The van der Waals surface area contributed by atoms with Gasteiger partial charge in [0.2, 0.25) is 0 Å². The van der Waals surface area contributed by atoms with Gasteiger partial charge in [-0.3, -0.25) is 0 Å². The van der Waals surface area contributed by atoms with Crippen LogP contribution in [-0.2, 0) is 0 Å².